The monoisotopic (exact) mass is 608 g/mol. The van der Waals surface area contributed by atoms with E-state index in [0.29, 0.717) is 19.8 Å². The molecule has 7 nitrogen and oxygen atoms in total. The zero-order chi connectivity index (χ0) is 24.7. The Morgan fingerprint density at radius 2 is 1.82 bits per heavy atom. The standard InChI is InChI=1S/C24H18ClIN2O5S/c1-2-32-22-14-16(12-17(15-27)24(29)28-19-10-8-18(25)9-11-19)13-21(26)23(22)33-34(30,31)20-6-4-3-5-7-20/h3-14H,2H2,1H3,(H,28,29)/b17-12+. The Balaban J connectivity index is 1.93. The normalized spacial score (nSPS) is 11.4. The van der Waals surface area contributed by atoms with E-state index in [1.54, 1.807) is 55.5 Å². The van der Waals surface area contributed by atoms with Crippen molar-refractivity contribution in [2.24, 2.45) is 0 Å². The fourth-order valence-electron chi connectivity index (χ4n) is 2.81. The molecule has 10 heteroatoms. The van der Waals surface area contributed by atoms with E-state index in [-0.39, 0.29) is 28.6 Å². The van der Waals surface area contributed by atoms with E-state index in [9.17, 15) is 18.5 Å². The summed E-state index contributed by atoms with van der Waals surface area (Å²) in [5, 5.41) is 12.7. The molecule has 1 N–H and O–H groups in total. The molecule has 0 saturated heterocycles. The van der Waals surface area contributed by atoms with Crippen LogP contribution in [0, 0.1) is 14.9 Å². The lowest BCUT2D eigenvalue weighted by Gasteiger charge is -2.14. The fourth-order valence-corrected chi connectivity index (χ4v) is 4.80. The summed E-state index contributed by atoms with van der Waals surface area (Å²) in [7, 11) is -4.09. The molecule has 3 aromatic rings. The molecule has 1 amide bonds. The van der Waals surface area contributed by atoms with Crippen LogP contribution >= 0.6 is 34.2 Å². The molecule has 0 aliphatic carbocycles. The minimum atomic E-state index is -4.09. The van der Waals surface area contributed by atoms with E-state index in [0.717, 1.165) is 0 Å². The third kappa shape index (κ3) is 6.50. The number of anilines is 1. The number of rotatable bonds is 8. The van der Waals surface area contributed by atoms with Gasteiger partial charge in [-0.3, -0.25) is 4.79 Å². The van der Waals surface area contributed by atoms with Crippen molar-refractivity contribution < 1.29 is 22.1 Å². The molecule has 0 bridgehead atoms. The van der Waals surface area contributed by atoms with Crippen molar-refractivity contribution in [3.8, 4) is 17.6 Å². The number of nitriles is 1. The Kier molecular flexibility index (Phi) is 8.55. The molecular formula is C24H18ClIN2O5S. The second kappa shape index (κ2) is 11.4. The average molecular weight is 609 g/mol. The van der Waals surface area contributed by atoms with Crippen LogP contribution in [0.3, 0.4) is 0 Å². The van der Waals surface area contributed by atoms with Gasteiger partial charge in [0.05, 0.1) is 10.2 Å². The number of hydrogen-bond acceptors (Lipinski definition) is 6. The van der Waals surface area contributed by atoms with Crippen molar-refractivity contribution in [3.63, 3.8) is 0 Å². The van der Waals surface area contributed by atoms with Gasteiger partial charge in [0, 0.05) is 10.7 Å². The van der Waals surface area contributed by atoms with Crippen LogP contribution in [-0.2, 0) is 14.9 Å². The summed E-state index contributed by atoms with van der Waals surface area (Å²) in [5.41, 5.74) is 0.786. The maximum atomic E-state index is 12.7. The Morgan fingerprint density at radius 1 is 1.15 bits per heavy atom. The Bertz CT molecular complexity index is 1370. The molecule has 0 unspecified atom stereocenters. The maximum absolute atomic E-state index is 12.7. The van der Waals surface area contributed by atoms with Gasteiger partial charge in [0.2, 0.25) is 0 Å². The van der Waals surface area contributed by atoms with Crippen molar-refractivity contribution in [3.05, 3.63) is 86.5 Å². The van der Waals surface area contributed by atoms with Crippen molar-refractivity contribution in [2.75, 3.05) is 11.9 Å². The molecule has 0 atom stereocenters. The number of carbonyl (C=O) groups is 1. The molecule has 0 radical (unpaired) electrons. The first-order valence-corrected chi connectivity index (χ1v) is 12.7. The number of carbonyl (C=O) groups excluding carboxylic acids is 1. The lowest BCUT2D eigenvalue weighted by molar-refractivity contribution is -0.112. The van der Waals surface area contributed by atoms with E-state index < -0.39 is 16.0 Å². The molecule has 0 heterocycles. The third-order valence-electron chi connectivity index (χ3n) is 4.33. The summed E-state index contributed by atoms with van der Waals surface area (Å²) in [6, 6.07) is 19.2. The summed E-state index contributed by atoms with van der Waals surface area (Å²) >= 11 is 7.77. The van der Waals surface area contributed by atoms with Crippen molar-refractivity contribution >= 4 is 62.0 Å². The Morgan fingerprint density at radius 3 is 2.44 bits per heavy atom. The molecule has 34 heavy (non-hydrogen) atoms. The molecule has 0 spiro atoms. The van der Waals surface area contributed by atoms with Gasteiger partial charge in [-0.05, 0) is 89.7 Å². The van der Waals surface area contributed by atoms with Crippen LogP contribution < -0.4 is 14.2 Å². The number of ether oxygens (including phenoxy) is 1. The van der Waals surface area contributed by atoms with E-state index in [1.807, 2.05) is 28.7 Å². The number of nitrogens with zero attached hydrogens (tertiary/aromatic N) is 1. The lowest BCUT2D eigenvalue weighted by Crippen LogP contribution is -2.13. The summed E-state index contributed by atoms with van der Waals surface area (Å²) in [6.45, 7) is 1.98. The highest BCUT2D eigenvalue weighted by molar-refractivity contribution is 14.1. The number of nitrogens with one attached hydrogen (secondary N) is 1. The summed E-state index contributed by atoms with van der Waals surface area (Å²) in [4.78, 5) is 12.6. The molecular weight excluding hydrogens is 591 g/mol. The SMILES string of the molecule is CCOc1cc(/C=C(\C#N)C(=O)Nc2ccc(Cl)cc2)cc(I)c1OS(=O)(=O)c1ccccc1. The van der Waals surface area contributed by atoms with Crippen LogP contribution in [0.2, 0.25) is 5.02 Å². The van der Waals surface area contributed by atoms with Crippen LogP contribution in [0.1, 0.15) is 12.5 Å². The second-order valence-electron chi connectivity index (χ2n) is 6.74. The molecule has 3 rings (SSSR count). The van der Waals surface area contributed by atoms with Crippen LogP contribution in [0.5, 0.6) is 11.5 Å². The third-order valence-corrected chi connectivity index (χ3v) is 6.62. The van der Waals surface area contributed by atoms with Crippen LogP contribution in [0.25, 0.3) is 6.08 Å². The van der Waals surface area contributed by atoms with E-state index >= 15 is 0 Å². The maximum Gasteiger partial charge on any atom is 0.339 e. The highest BCUT2D eigenvalue weighted by atomic mass is 127. The quantitative estimate of drug-likeness (QED) is 0.153. The van der Waals surface area contributed by atoms with Crippen molar-refractivity contribution in [1.29, 1.82) is 5.26 Å². The molecule has 174 valence electrons. The molecule has 0 aliphatic rings. The first-order valence-electron chi connectivity index (χ1n) is 9.88. The molecule has 0 aromatic heterocycles. The van der Waals surface area contributed by atoms with Gasteiger partial charge in [-0.2, -0.15) is 13.7 Å². The van der Waals surface area contributed by atoms with Crippen LogP contribution in [-0.4, -0.2) is 20.9 Å². The summed E-state index contributed by atoms with van der Waals surface area (Å²) in [6.07, 6.45) is 1.38. The van der Waals surface area contributed by atoms with E-state index in [1.165, 1.54) is 24.3 Å². The molecule has 0 aliphatic heterocycles. The minimum absolute atomic E-state index is 0.00265. The summed E-state index contributed by atoms with van der Waals surface area (Å²) < 4.78 is 36.8. The number of benzene rings is 3. The van der Waals surface area contributed by atoms with E-state index in [2.05, 4.69) is 5.32 Å². The van der Waals surface area contributed by atoms with Gasteiger partial charge in [0.1, 0.15) is 16.5 Å². The average Bonchev–Trinajstić information content (AvgIpc) is 2.82. The fraction of sp³-hybridized carbons (Fsp3) is 0.0833. The van der Waals surface area contributed by atoms with Gasteiger partial charge in [-0.25, -0.2) is 0 Å². The lowest BCUT2D eigenvalue weighted by atomic mass is 10.1. The Hall–Kier alpha value is -3.07. The van der Waals surface area contributed by atoms with Gasteiger partial charge in [-0.15, -0.1) is 0 Å². The van der Waals surface area contributed by atoms with E-state index in [4.69, 9.17) is 20.5 Å². The first kappa shape index (κ1) is 25.6. The van der Waals surface area contributed by atoms with Crippen LogP contribution in [0.15, 0.2) is 77.2 Å². The van der Waals surface area contributed by atoms with Gasteiger partial charge >= 0.3 is 10.1 Å². The smallest absolute Gasteiger partial charge is 0.339 e. The zero-order valence-electron chi connectivity index (χ0n) is 17.8. The molecule has 0 fully saturated rings. The molecule has 0 saturated carbocycles. The zero-order valence-corrected chi connectivity index (χ0v) is 21.5. The number of hydrogen-bond donors (Lipinski definition) is 1. The second-order valence-corrected chi connectivity index (χ2v) is 9.89. The van der Waals surface area contributed by atoms with Gasteiger partial charge in [0.25, 0.3) is 5.91 Å². The first-order chi connectivity index (χ1) is 16.2. The molecule has 3 aromatic carbocycles. The predicted octanol–water partition coefficient (Wildman–Crippen LogP) is 5.66. The van der Waals surface area contributed by atoms with Gasteiger partial charge < -0.3 is 14.2 Å². The number of halogens is 2. The van der Waals surface area contributed by atoms with Gasteiger partial charge in [0.15, 0.2) is 11.5 Å². The topological polar surface area (TPSA) is 105 Å². The van der Waals surface area contributed by atoms with Gasteiger partial charge in [-0.1, -0.05) is 29.8 Å². The van der Waals surface area contributed by atoms with Crippen molar-refractivity contribution in [1.82, 2.24) is 0 Å². The Labute approximate surface area is 216 Å². The highest BCUT2D eigenvalue weighted by Gasteiger charge is 2.22. The number of amides is 1. The van der Waals surface area contributed by atoms with Crippen LogP contribution in [0.4, 0.5) is 5.69 Å². The summed E-state index contributed by atoms with van der Waals surface area (Å²) in [5.74, 6) is -0.423. The minimum Gasteiger partial charge on any atom is -0.490 e. The van der Waals surface area contributed by atoms with Crippen molar-refractivity contribution in [2.45, 2.75) is 11.8 Å². The predicted molar refractivity (Wildman–Crippen MR) is 138 cm³/mol. The largest absolute Gasteiger partial charge is 0.490 e. The highest BCUT2D eigenvalue weighted by Crippen LogP contribution is 2.37.